The first-order valence-electron chi connectivity index (χ1n) is 5.89. The van der Waals surface area contributed by atoms with Gasteiger partial charge in [-0.15, -0.1) is 0 Å². The van der Waals surface area contributed by atoms with Gasteiger partial charge in [-0.05, 0) is 12.1 Å². The molecule has 0 atom stereocenters. The molecule has 0 aliphatic carbocycles. The fourth-order valence-electron chi connectivity index (χ4n) is 2.14. The summed E-state index contributed by atoms with van der Waals surface area (Å²) >= 11 is 0. The van der Waals surface area contributed by atoms with Gasteiger partial charge in [0.05, 0.1) is 12.2 Å². The molecule has 0 amide bonds. The van der Waals surface area contributed by atoms with Gasteiger partial charge in [0, 0.05) is 32.4 Å². The zero-order chi connectivity index (χ0) is 13.9. The molecule has 7 heteroatoms. The minimum atomic E-state index is -4.16. The lowest BCUT2D eigenvalue weighted by atomic mass is 10.2. The number of nitriles is 1. The summed E-state index contributed by atoms with van der Waals surface area (Å²) in [4.78, 5) is 7.23. The average Bonchev–Trinajstić information content (AvgIpc) is 2.38. The van der Waals surface area contributed by atoms with Gasteiger partial charge < -0.3 is 4.90 Å². The lowest BCUT2D eigenvalue weighted by Crippen LogP contribution is -2.49. The van der Waals surface area contributed by atoms with Gasteiger partial charge in [0.2, 0.25) is 0 Å². The first-order chi connectivity index (χ1) is 8.99. The van der Waals surface area contributed by atoms with Gasteiger partial charge >= 0.3 is 6.18 Å². The summed E-state index contributed by atoms with van der Waals surface area (Å²) in [6.07, 6.45) is -2.63. The van der Waals surface area contributed by atoms with E-state index in [0.717, 1.165) is 0 Å². The van der Waals surface area contributed by atoms with Crippen LogP contribution in [0.2, 0.25) is 0 Å². The molecule has 0 N–H and O–H groups in total. The van der Waals surface area contributed by atoms with Crippen molar-refractivity contribution in [1.82, 2.24) is 9.88 Å². The summed E-state index contributed by atoms with van der Waals surface area (Å²) in [6, 6.07) is 5.49. The second-order valence-corrected chi connectivity index (χ2v) is 4.36. The molecule has 19 heavy (non-hydrogen) atoms. The van der Waals surface area contributed by atoms with E-state index in [1.807, 2.05) is 11.0 Å². The minimum absolute atomic E-state index is 0.312. The maximum absolute atomic E-state index is 12.3. The van der Waals surface area contributed by atoms with Gasteiger partial charge in [0.1, 0.15) is 6.07 Å². The number of halogens is 3. The van der Waals surface area contributed by atoms with E-state index in [0.29, 0.717) is 37.6 Å². The first kappa shape index (κ1) is 13.6. The summed E-state index contributed by atoms with van der Waals surface area (Å²) in [5.41, 5.74) is 1.00. The van der Waals surface area contributed by atoms with Crippen molar-refractivity contribution in [1.29, 1.82) is 5.26 Å². The van der Waals surface area contributed by atoms with Crippen molar-refractivity contribution >= 4 is 5.69 Å². The van der Waals surface area contributed by atoms with E-state index >= 15 is 0 Å². The van der Waals surface area contributed by atoms with E-state index in [1.165, 1.54) is 11.1 Å². The highest BCUT2D eigenvalue weighted by Crippen LogP contribution is 2.21. The molecular weight excluding hydrogens is 257 g/mol. The Balaban J connectivity index is 1.99. The highest BCUT2D eigenvalue weighted by Gasteiger charge is 2.32. The molecule has 1 fully saturated rings. The fraction of sp³-hybridized carbons (Fsp3) is 0.500. The number of anilines is 1. The second kappa shape index (κ2) is 5.45. The van der Waals surface area contributed by atoms with E-state index in [4.69, 9.17) is 5.26 Å². The topological polar surface area (TPSA) is 43.2 Å². The third-order valence-electron chi connectivity index (χ3n) is 3.01. The molecule has 0 saturated carbocycles. The number of pyridine rings is 1. The number of alkyl halides is 3. The number of piperazine rings is 1. The van der Waals surface area contributed by atoms with E-state index < -0.39 is 12.7 Å². The zero-order valence-electron chi connectivity index (χ0n) is 10.2. The molecular formula is C12H13F3N4. The van der Waals surface area contributed by atoms with Crippen LogP contribution < -0.4 is 4.90 Å². The van der Waals surface area contributed by atoms with Crippen molar-refractivity contribution in [2.45, 2.75) is 6.18 Å². The van der Waals surface area contributed by atoms with Crippen molar-refractivity contribution in [3.8, 4) is 6.07 Å². The third kappa shape index (κ3) is 3.58. The standard InChI is InChI=1S/C12H13F3N4/c13-12(14,15)9-18-4-6-19(7-5-18)11-2-1-3-17-10(11)8-16/h1-3H,4-7,9H2. The van der Waals surface area contributed by atoms with Crippen LogP contribution in [-0.2, 0) is 0 Å². The number of nitrogens with zero attached hydrogens (tertiary/aromatic N) is 4. The molecule has 1 aliphatic rings. The van der Waals surface area contributed by atoms with Crippen LogP contribution in [-0.4, -0.2) is 48.8 Å². The summed E-state index contributed by atoms with van der Waals surface area (Å²) in [5, 5.41) is 8.96. The Hall–Kier alpha value is -1.81. The number of aromatic nitrogens is 1. The van der Waals surface area contributed by atoms with Crippen LogP contribution >= 0.6 is 0 Å². The molecule has 0 unspecified atom stereocenters. The van der Waals surface area contributed by atoms with E-state index in [9.17, 15) is 13.2 Å². The molecule has 1 saturated heterocycles. The Bertz CT molecular complexity index is 473. The molecule has 1 aromatic heterocycles. The number of rotatable bonds is 2. The van der Waals surface area contributed by atoms with E-state index in [1.54, 1.807) is 12.1 Å². The molecule has 1 aliphatic heterocycles. The molecule has 0 spiro atoms. The van der Waals surface area contributed by atoms with Crippen LogP contribution in [0.3, 0.4) is 0 Å². The third-order valence-corrected chi connectivity index (χ3v) is 3.01. The van der Waals surface area contributed by atoms with Gasteiger partial charge in [0.15, 0.2) is 5.69 Å². The van der Waals surface area contributed by atoms with Gasteiger partial charge in [-0.3, -0.25) is 4.90 Å². The van der Waals surface area contributed by atoms with Crippen LogP contribution in [0.15, 0.2) is 18.3 Å². The second-order valence-electron chi connectivity index (χ2n) is 4.36. The molecule has 0 aromatic carbocycles. The maximum Gasteiger partial charge on any atom is 0.401 e. The predicted molar refractivity (Wildman–Crippen MR) is 63.7 cm³/mol. The maximum atomic E-state index is 12.3. The normalized spacial score (nSPS) is 17.3. The molecule has 2 rings (SSSR count). The summed E-state index contributed by atoms with van der Waals surface area (Å²) in [7, 11) is 0. The number of hydrogen-bond acceptors (Lipinski definition) is 4. The van der Waals surface area contributed by atoms with Gasteiger partial charge in [-0.2, -0.15) is 18.4 Å². The smallest absolute Gasteiger partial charge is 0.367 e. The molecule has 2 heterocycles. The van der Waals surface area contributed by atoms with Crippen LogP contribution in [0.4, 0.5) is 18.9 Å². The van der Waals surface area contributed by atoms with Crippen molar-refractivity contribution in [3.63, 3.8) is 0 Å². The lowest BCUT2D eigenvalue weighted by Gasteiger charge is -2.36. The van der Waals surface area contributed by atoms with Crippen molar-refractivity contribution in [2.24, 2.45) is 0 Å². The van der Waals surface area contributed by atoms with Crippen molar-refractivity contribution in [2.75, 3.05) is 37.6 Å². The molecule has 0 radical (unpaired) electrons. The summed E-state index contributed by atoms with van der Waals surface area (Å²) < 4.78 is 36.8. The van der Waals surface area contributed by atoms with Crippen LogP contribution in [0, 0.1) is 11.3 Å². The quantitative estimate of drug-likeness (QED) is 0.819. The Morgan fingerprint density at radius 1 is 1.26 bits per heavy atom. The molecule has 1 aromatic rings. The van der Waals surface area contributed by atoms with Gasteiger partial charge in [0.25, 0.3) is 0 Å². The monoisotopic (exact) mass is 270 g/mol. The minimum Gasteiger partial charge on any atom is -0.367 e. The largest absolute Gasteiger partial charge is 0.401 e. The van der Waals surface area contributed by atoms with E-state index in [-0.39, 0.29) is 0 Å². The highest BCUT2D eigenvalue weighted by atomic mass is 19.4. The van der Waals surface area contributed by atoms with E-state index in [2.05, 4.69) is 4.98 Å². The Kier molecular flexibility index (Phi) is 3.90. The van der Waals surface area contributed by atoms with Crippen molar-refractivity contribution in [3.05, 3.63) is 24.0 Å². The Labute approximate surface area is 109 Å². The van der Waals surface area contributed by atoms with Gasteiger partial charge in [-0.1, -0.05) is 0 Å². The van der Waals surface area contributed by atoms with Crippen LogP contribution in [0.5, 0.6) is 0 Å². The molecule has 0 bridgehead atoms. The molecule has 4 nitrogen and oxygen atoms in total. The van der Waals surface area contributed by atoms with Crippen LogP contribution in [0.1, 0.15) is 5.69 Å². The highest BCUT2D eigenvalue weighted by molar-refractivity contribution is 5.55. The lowest BCUT2D eigenvalue weighted by molar-refractivity contribution is -0.146. The van der Waals surface area contributed by atoms with Crippen LogP contribution in [0.25, 0.3) is 0 Å². The Morgan fingerprint density at radius 2 is 1.95 bits per heavy atom. The summed E-state index contributed by atoms with van der Waals surface area (Å²) in [5.74, 6) is 0. The SMILES string of the molecule is N#Cc1ncccc1N1CCN(CC(F)(F)F)CC1. The first-order valence-corrected chi connectivity index (χ1v) is 5.89. The average molecular weight is 270 g/mol. The molecule has 102 valence electrons. The number of hydrogen-bond donors (Lipinski definition) is 0. The Morgan fingerprint density at radius 3 is 2.53 bits per heavy atom. The predicted octanol–water partition coefficient (Wildman–Crippen LogP) is 1.64. The van der Waals surface area contributed by atoms with Crippen molar-refractivity contribution < 1.29 is 13.2 Å². The van der Waals surface area contributed by atoms with Gasteiger partial charge in [-0.25, -0.2) is 4.98 Å². The summed E-state index contributed by atoms with van der Waals surface area (Å²) in [6.45, 7) is 0.727. The fourth-order valence-corrected chi connectivity index (χ4v) is 2.14. The zero-order valence-corrected chi connectivity index (χ0v) is 10.2.